The maximum absolute atomic E-state index is 13.4. The number of carbonyl (C=O) groups excluding carboxylic acids is 1. The van der Waals surface area contributed by atoms with Crippen molar-refractivity contribution in [2.75, 3.05) is 0 Å². The van der Waals surface area contributed by atoms with Crippen LogP contribution in [0.1, 0.15) is 64.4 Å². The number of hydrogen-bond acceptors (Lipinski definition) is 2. The van der Waals surface area contributed by atoms with E-state index in [1.807, 2.05) is 60.7 Å². The van der Waals surface area contributed by atoms with Gasteiger partial charge in [-0.15, -0.1) is 0 Å². The lowest BCUT2D eigenvalue weighted by Gasteiger charge is -2.15. The number of hydrogen-bond donors (Lipinski definition) is 0. The van der Waals surface area contributed by atoms with E-state index in [0.29, 0.717) is 16.2 Å². The Bertz CT molecular complexity index is 763. The Morgan fingerprint density at radius 1 is 0.778 bits per heavy atom. The molecular formula is C24H30O2S. The maximum atomic E-state index is 13.4. The highest BCUT2D eigenvalue weighted by molar-refractivity contribution is 7.90. The van der Waals surface area contributed by atoms with Crippen molar-refractivity contribution in [3.63, 3.8) is 0 Å². The van der Waals surface area contributed by atoms with Gasteiger partial charge in [-0.3, -0.25) is 4.79 Å². The van der Waals surface area contributed by atoms with Crippen LogP contribution in [0.3, 0.4) is 0 Å². The number of allylic oxidation sites excluding steroid dienone is 2. The molecule has 0 saturated heterocycles. The van der Waals surface area contributed by atoms with Crippen molar-refractivity contribution < 1.29 is 9.00 Å². The predicted octanol–water partition coefficient (Wildman–Crippen LogP) is 6.55. The number of unbranched alkanes of at least 4 members (excludes halogenated alkanes) is 3. The van der Waals surface area contributed by atoms with Crippen LogP contribution in [0, 0.1) is 0 Å². The lowest BCUT2D eigenvalue weighted by atomic mass is 9.97. The molecule has 1 atom stereocenters. The molecule has 0 fully saturated rings. The van der Waals surface area contributed by atoms with Gasteiger partial charge in [0.15, 0.2) is 5.78 Å². The van der Waals surface area contributed by atoms with Gasteiger partial charge in [0.05, 0.1) is 15.7 Å². The number of Topliss-reactive ketones (excluding diaryl/α,β-unsaturated/α-hetero) is 1. The van der Waals surface area contributed by atoms with Crippen LogP contribution >= 0.6 is 0 Å². The van der Waals surface area contributed by atoms with E-state index in [0.717, 1.165) is 49.7 Å². The molecule has 2 aromatic carbocycles. The molecule has 0 aliphatic rings. The van der Waals surface area contributed by atoms with Crippen molar-refractivity contribution in [1.29, 1.82) is 0 Å². The number of carbonyl (C=O) groups is 1. The van der Waals surface area contributed by atoms with E-state index in [1.165, 1.54) is 0 Å². The molecule has 0 saturated carbocycles. The van der Waals surface area contributed by atoms with E-state index >= 15 is 0 Å². The summed E-state index contributed by atoms with van der Waals surface area (Å²) in [6, 6.07) is 19.3. The average molecular weight is 383 g/mol. The first-order valence-corrected chi connectivity index (χ1v) is 11.1. The quantitative estimate of drug-likeness (QED) is 0.326. The molecule has 0 aliphatic carbocycles. The third-order valence-corrected chi connectivity index (χ3v) is 6.13. The first kappa shape index (κ1) is 21.3. The second-order valence-corrected chi connectivity index (χ2v) is 8.16. The molecule has 27 heavy (non-hydrogen) atoms. The molecule has 2 nitrogen and oxygen atoms in total. The van der Waals surface area contributed by atoms with Gasteiger partial charge in [0, 0.05) is 11.3 Å². The van der Waals surface area contributed by atoms with Gasteiger partial charge in [-0.05, 0) is 42.5 Å². The molecule has 1 unspecified atom stereocenters. The Balaban J connectivity index is 2.53. The lowest BCUT2D eigenvalue weighted by molar-refractivity contribution is -0.115. The van der Waals surface area contributed by atoms with Crippen molar-refractivity contribution in [2.45, 2.75) is 63.7 Å². The van der Waals surface area contributed by atoms with Crippen LogP contribution in [0.25, 0.3) is 5.57 Å². The van der Waals surface area contributed by atoms with Crippen LogP contribution in [-0.2, 0) is 15.6 Å². The zero-order valence-electron chi connectivity index (χ0n) is 16.4. The maximum Gasteiger partial charge on any atom is 0.172 e. The first-order valence-electron chi connectivity index (χ1n) is 9.97. The third kappa shape index (κ3) is 6.28. The molecule has 0 heterocycles. The summed E-state index contributed by atoms with van der Waals surface area (Å²) in [6.07, 6.45) is 6.18. The van der Waals surface area contributed by atoms with E-state index < -0.39 is 10.8 Å². The second kappa shape index (κ2) is 11.7. The summed E-state index contributed by atoms with van der Waals surface area (Å²) in [7, 11) is -1.46. The minimum Gasteiger partial charge on any atom is -0.293 e. The topological polar surface area (TPSA) is 34.1 Å². The van der Waals surface area contributed by atoms with Crippen LogP contribution < -0.4 is 0 Å². The molecule has 0 aliphatic heterocycles. The zero-order valence-corrected chi connectivity index (χ0v) is 17.3. The van der Waals surface area contributed by atoms with Crippen molar-refractivity contribution >= 4 is 22.2 Å². The van der Waals surface area contributed by atoms with E-state index in [2.05, 4.69) is 13.8 Å². The minimum absolute atomic E-state index is 0.0283. The number of benzene rings is 2. The van der Waals surface area contributed by atoms with Gasteiger partial charge < -0.3 is 0 Å². The van der Waals surface area contributed by atoms with Gasteiger partial charge in [-0.2, -0.15) is 0 Å². The fourth-order valence-corrected chi connectivity index (χ4v) is 4.47. The SMILES string of the molecule is CCCCCC(=O)/C(=C(/CCCC)c1ccccc1)S(=O)c1ccccc1. The monoisotopic (exact) mass is 382 g/mol. The highest BCUT2D eigenvalue weighted by Crippen LogP contribution is 2.30. The molecule has 0 bridgehead atoms. The van der Waals surface area contributed by atoms with Gasteiger partial charge >= 0.3 is 0 Å². The van der Waals surface area contributed by atoms with E-state index in [9.17, 15) is 9.00 Å². The lowest BCUT2D eigenvalue weighted by Crippen LogP contribution is -2.12. The minimum atomic E-state index is -1.46. The van der Waals surface area contributed by atoms with Crippen LogP contribution in [0.4, 0.5) is 0 Å². The summed E-state index contributed by atoms with van der Waals surface area (Å²) in [6.45, 7) is 4.26. The fourth-order valence-electron chi connectivity index (χ4n) is 3.08. The molecule has 0 aromatic heterocycles. The summed E-state index contributed by atoms with van der Waals surface area (Å²) >= 11 is 0. The third-order valence-electron chi connectivity index (χ3n) is 4.58. The average Bonchev–Trinajstić information content (AvgIpc) is 2.72. The van der Waals surface area contributed by atoms with Gasteiger partial charge in [0.1, 0.15) is 0 Å². The van der Waals surface area contributed by atoms with E-state index in [1.54, 1.807) is 0 Å². The normalized spacial score (nSPS) is 13.1. The van der Waals surface area contributed by atoms with Gasteiger partial charge in [0.2, 0.25) is 0 Å². The fraction of sp³-hybridized carbons (Fsp3) is 0.375. The second-order valence-electron chi connectivity index (χ2n) is 6.74. The Labute approximate surface area is 166 Å². The van der Waals surface area contributed by atoms with Crippen LogP contribution in [0.15, 0.2) is 70.5 Å². The highest BCUT2D eigenvalue weighted by atomic mass is 32.2. The van der Waals surface area contributed by atoms with Crippen LogP contribution in [-0.4, -0.2) is 9.99 Å². The number of rotatable bonds is 11. The molecule has 0 N–H and O–H groups in total. The Hall–Kier alpha value is -2.00. The van der Waals surface area contributed by atoms with Gasteiger partial charge in [-0.1, -0.05) is 81.6 Å². The molecule has 0 amide bonds. The highest BCUT2D eigenvalue weighted by Gasteiger charge is 2.23. The van der Waals surface area contributed by atoms with Crippen molar-refractivity contribution in [1.82, 2.24) is 0 Å². The van der Waals surface area contributed by atoms with Crippen molar-refractivity contribution in [2.24, 2.45) is 0 Å². The zero-order chi connectivity index (χ0) is 19.5. The smallest absolute Gasteiger partial charge is 0.172 e. The summed E-state index contributed by atoms with van der Waals surface area (Å²) in [4.78, 5) is 14.4. The Morgan fingerprint density at radius 2 is 1.37 bits per heavy atom. The Kier molecular flexibility index (Phi) is 9.20. The van der Waals surface area contributed by atoms with Crippen molar-refractivity contribution in [3.05, 3.63) is 71.1 Å². The Morgan fingerprint density at radius 3 is 1.96 bits per heavy atom. The molecule has 2 aromatic rings. The summed E-state index contributed by atoms with van der Waals surface area (Å²) in [5.74, 6) is 0.0283. The van der Waals surface area contributed by atoms with Crippen LogP contribution in [0.5, 0.6) is 0 Å². The van der Waals surface area contributed by atoms with E-state index in [4.69, 9.17) is 0 Å². The molecule has 0 spiro atoms. The summed E-state index contributed by atoms with van der Waals surface area (Å²) < 4.78 is 13.4. The summed E-state index contributed by atoms with van der Waals surface area (Å²) in [5.41, 5.74) is 1.95. The standard InChI is InChI=1S/C24H30O2S/c1-3-5-9-19-23(25)24(27(26)21-16-12-8-13-17-21)22(18-6-4-2)20-14-10-7-11-15-20/h7-8,10-17H,3-6,9,18-19H2,1-2H3/b24-22+. The molecular weight excluding hydrogens is 352 g/mol. The first-order chi connectivity index (χ1) is 13.2. The van der Waals surface area contributed by atoms with Crippen molar-refractivity contribution in [3.8, 4) is 0 Å². The molecule has 2 rings (SSSR count). The van der Waals surface area contributed by atoms with E-state index in [-0.39, 0.29) is 5.78 Å². The number of ketones is 1. The van der Waals surface area contributed by atoms with Gasteiger partial charge in [0.25, 0.3) is 0 Å². The largest absolute Gasteiger partial charge is 0.293 e. The van der Waals surface area contributed by atoms with Crippen LogP contribution in [0.2, 0.25) is 0 Å². The predicted molar refractivity (Wildman–Crippen MR) is 115 cm³/mol. The molecule has 144 valence electrons. The molecule has 3 heteroatoms. The summed E-state index contributed by atoms with van der Waals surface area (Å²) in [5, 5.41) is 0. The van der Waals surface area contributed by atoms with Gasteiger partial charge in [-0.25, -0.2) is 4.21 Å². The molecule has 0 radical (unpaired) electrons.